The molecule has 0 aliphatic heterocycles. The number of hydrogen-bond donors (Lipinski definition) is 1. The van der Waals surface area contributed by atoms with Crippen LogP contribution in [0.4, 0.5) is 0 Å². The van der Waals surface area contributed by atoms with Crippen molar-refractivity contribution in [2.75, 3.05) is 6.54 Å². The molecule has 0 bridgehead atoms. The minimum atomic E-state index is -1.27. The van der Waals surface area contributed by atoms with Crippen molar-refractivity contribution in [1.82, 2.24) is 14.7 Å². The zero-order chi connectivity index (χ0) is 19.3. The van der Waals surface area contributed by atoms with E-state index in [2.05, 4.69) is 21.8 Å². The number of benzene rings is 1. The second kappa shape index (κ2) is 9.11. The highest BCUT2D eigenvalue weighted by molar-refractivity contribution is 7.83. The maximum atomic E-state index is 12.8. The first kappa shape index (κ1) is 19.5. The van der Waals surface area contributed by atoms with Gasteiger partial charge in [0.15, 0.2) is 5.89 Å². The molecule has 1 aliphatic carbocycles. The highest BCUT2D eigenvalue weighted by Gasteiger charge is 2.21. The number of nitrogens with one attached hydrogen (secondary N) is 1. The topological polar surface area (TPSA) is 68.0 Å². The Hall–Kier alpha value is -1.83. The van der Waals surface area contributed by atoms with Crippen molar-refractivity contribution in [2.45, 2.75) is 56.3 Å². The van der Waals surface area contributed by atoms with E-state index in [4.69, 9.17) is 9.40 Å². The predicted molar refractivity (Wildman–Crippen MR) is 113 cm³/mol. The first-order valence-corrected chi connectivity index (χ1v) is 11.8. The van der Waals surface area contributed by atoms with Crippen LogP contribution in [0, 0.1) is 0 Å². The molecule has 1 N–H and O–H groups in total. The molecule has 2 aromatic heterocycles. The molecule has 1 fully saturated rings. The van der Waals surface area contributed by atoms with Crippen LogP contribution in [-0.2, 0) is 17.4 Å². The van der Waals surface area contributed by atoms with Gasteiger partial charge in [0.25, 0.3) is 0 Å². The lowest BCUT2D eigenvalue weighted by molar-refractivity contribution is 0.442. The van der Waals surface area contributed by atoms with E-state index in [1.807, 2.05) is 19.2 Å². The third kappa shape index (κ3) is 4.42. The van der Waals surface area contributed by atoms with E-state index in [0.29, 0.717) is 24.8 Å². The second-order valence-corrected chi connectivity index (χ2v) is 9.43. The Kier molecular flexibility index (Phi) is 6.34. The Labute approximate surface area is 172 Å². The molecule has 0 amide bonds. The number of hydrogen-bond acceptors (Lipinski definition) is 5. The van der Waals surface area contributed by atoms with E-state index in [9.17, 15) is 4.21 Å². The summed E-state index contributed by atoms with van der Waals surface area (Å²) < 4.78 is 21.3. The van der Waals surface area contributed by atoms with Crippen LogP contribution in [0.3, 0.4) is 0 Å². The Balaban J connectivity index is 1.65. The summed E-state index contributed by atoms with van der Waals surface area (Å²) >= 11 is 1.75. The van der Waals surface area contributed by atoms with Gasteiger partial charge in [-0.1, -0.05) is 38.3 Å². The lowest BCUT2D eigenvalue weighted by atomic mass is 9.90. The van der Waals surface area contributed by atoms with Gasteiger partial charge in [0.1, 0.15) is 17.2 Å². The van der Waals surface area contributed by atoms with Gasteiger partial charge in [0, 0.05) is 30.6 Å². The molecule has 7 heteroatoms. The highest BCUT2D eigenvalue weighted by Crippen LogP contribution is 2.39. The van der Waals surface area contributed by atoms with Crippen molar-refractivity contribution < 1.29 is 8.63 Å². The van der Waals surface area contributed by atoms with Crippen molar-refractivity contribution in [3.05, 3.63) is 53.3 Å². The Morgan fingerprint density at radius 3 is 2.86 bits per heavy atom. The Morgan fingerprint density at radius 2 is 2.11 bits per heavy atom. The smallest absolute Gasteiger partial charge is 0.198 e. The van der Waals surface area contributed by atoms with Crippen molar-refractivity contribution in [3.63, 3.8) is 0 Å². The lowest BCUT2D eigenvalue weighted by Crippen LogP contribution is -2.17. The maximum absolute atomic E-state index is 12.8. The van der Waals surface area contributed by atoms with Crippen LogP contribution < -0.4 is 4.72 Å². The van der Waals surface area contributed by atoms with Crippen molar-refractivity contribution >= 4 is 22.3 Å². The lowest BCUT2D eigenvalue weighted by Gasteiger charge is -2.18. The van der Waals surface area contributed by atoms with E-state index in [1.54, 1.807) is 23.8 Å². The maximum Gasteiger partial charge on any atom is 0.198 e. The standard InChI is InChI=1S/C21H25N3O2S2/c1-2-24-28(25)19-12-15(13-20-22-10-11-26-20)8-9-17(19)18-14-23-21(27-18)16-6-4-3-5-7-16/h8-12,14,16,24H,2-7,13H2,1H3. The first-order chi connectivity index (χ1) is 13.7. The number of thiazole rings is 1. The van der Waals surface area contributed by atoms with Crippen LogP contribution in [0.15, 0.2) is 46.2 Å². The summed E-state index contributed by atoms with van der Waals surface area (Å²) in [6, 6.07) is 6.12. The van der Waals surface area contributed by atoms with Crippen molar-refractivity contribution in [2.24, 2.45) is 0 Å². The van der Waals surface area contributed by atoms with Crippen molar-refractivity contribution in [3.8, 4) is 10.4 Å². The summed E-state index contributed by atoms with van der Waals surface area (Å²) in [6.45, 7) is 2.61. The number of nitrogens with zero attached hydrogens (tertiary/aromatic N) is 2. The van der Waals surface area contributed by atoms with Gasteiger partial charge in [0.2, 0.25) is 0 Å². The van der Waals surface area contributed by atoms with Crippen molar-refractivity contribution in [1.29, 1.82) is 0 Å². The molecule has 0 radical (unpaired) electrons. The first-order valence-electron chi connectivity index (χ1n) is 9.87. The third-order valence-electron chi connectivity index (χ3n) is 5.10. The van der Waals surface area contributed by atoms with Gasteiger partial charge in [-0.3, -0.25) is 0 Å². The van der Waals surface area contributed by atoms with Gasteiger partial charge in [0.05, 0.1) is 21.0 Å². The largest absolute Gasteiger partial charge is 0.449 e. The van der Waals surface area contributed by atoms with Crippen LogP contribution in [0.2, 0.25) is 0 Å². The zero-order valence-corrected chi connectivity index (χ0v) is 17.7. The SMILES string of the molecule is CCNS(=O)c1cc(Cc2ncco2)ccc1-c1cnc(C2CCCCC2)s1. The van der Waals surface area contributed by atoms with E-state index in [0.717, 1.165) is 20.9 Å². The van der Waals surface area contributed by atoms with Gasteiger partial charge >= 0.3 is 0 Å². The molecule has 148 valence electrons. The fourth-order valence-corrected chi connectivity index (χ4v) is 5.95. The quantitative estimate of drug-likeness (QED) is 0.585. The van der Waals surface area contributed by atoms with E-state index < -0.39 is 11.0 Å². The molecule has 4 rings (SSSR count). The molecule has 1 unspecified atom stereocenters. The van der Waals surface area contributed by atoms with Crippen LogP contribution in [0.1, 0.15) is 61.4 Å². The summed E-state index contributed by atoms with van der Waals surface area (Å²) in [4.78, 5) is 10.8. The molecular formula is C21H25N3O2S2. The molecular weight excluding hydrogens is 390 g/mol. The molecule has 2 heterocycles. The molecule has 1 aromatic carbocycles. The molecule has 1 saturated carbocycles. The average Bonchev–Trinajstić information content (AvgIpc) is 3.41. The van der Waals surface area contributed by atoms with E-state index in [1.165, 1.54) is 37.1 Å². The average molecular weight is 416 g/mol. The van der Waals surface area contributed by atoms with Crippen LogP contribution >= 0.6 is 11.3 Å². The molecule has 1 aliphatic rings. The summed E-state index contributed by atoms with van der Waals surface area (Å²) in [5.74, 6) is 1.24. The van der Waals surface area contributed by atoms with Gasteiger partial charge < -0.3 is 4.42 Å². The van der Waals surface area contributed by atoms with Gasteiger partial charge in [-0.05, 0) is 24.5 Å². The molecule has 3 aromatic rings. The van der Waals surface area contributed by atoms with E-state index >= 15 is 0 Å². The molecule has 5 nitrogen and oxygen atoms in total. The number of rotatable bonds is 7. The van der Waals surface area contributed by atoms with Crippen LogP contribution in [0.5, 0.6) is 0 Å². The normalized spacial score (nSPS) is 16.3. The highest BCUT2D eigenvalue weighted by atomic mass is 32.2. The fourth-order valence-electron chi connectivity index (χ4n) is 3.71. The third-order valence-corrected chi connectivity index (χ3v) is 7.58. The summed E-state index contributed by atoms with van der Waals surface area (Å²) in [5, 5.41) is 1.22. The van der Waals surface area contributed by atoms with Crippen LogP contribution in [0.25, 0.3) is 10.4 Å². The van der Waals surface area contributed by atoms with E-state index in [-0.39, 0.29) is 0 Å². The Bertz CT molecular complexity index is 931. The minimum absolute atomic E-state index is 0.583. The monoisotopic (exact) mass is 415 g/mol. The molecule has 0 spiro atoms. The van der Waals surface area contributed by atoms with Gasteiger partial charge in [-0.15, -0.1) is 11.3 Å². The number of oxazole rings is 1. The zero-order valence-electron chi connectivity index (χ0n) is 16.0. The summed E-state index contributed by atoms with van der Waals surface area (Å²) in [7, 11) is -1.27. The second-order valence-electron chi connectivity index (χ2n) is 7.10. The summed E-state index contributed by atoms with van der Waals surface area (Å²) in [6.07, 6.45) is 12.2. The number of aromatic nitrogens is 2. The summed E-state index contributed by atoms with van der Waals surface area (Å²) in [5.41, 5.74) is 2.03. The predicted octanol–water partition coefficient (Wildman–Crippen LogP) is 5.07. The Morgan fingerprint density at radius 1 is 1.25 bits per heavy atom. The minimum Gasteiger partial charge on any atom is -0.449 e. The van der Waals surface area contributed by atoms with Gasteiger partial charge in [-0.25, -0.2) is 18.9 Å². The fraction of sp³-hybridized carbons (Fsp3) is 0.429. The van der Waals surface area contributed by atoms with Crippen LogP contribution in [-0.4, -0.2) is 20.7 Å². The molecule has 1 atom stereocenters. The molecule has 28 heavy (non-hydrogen) atoms. The van der Waals surface area contributed by atoms with Gasteiger partial charge in [-0.2, -0.15) is 0 Å². The molecule has 0 saturated heterocycles.